The molecule has 0 saturated carbocycles. The zero-order chi connectivity index (χ0) is 5.41. The molecule has 3 nitrogen and oxygen atoms in total. The Morgan fingerprint density at radius 3 is 1.67 bits per heavy atom. The lowest BCUT2D eigenvalue weighted by atomic mass is 11.3. The summed E-state index contributed by atoms with van der Waals surface area (Å²) >= 11 is 0. The normalized spacial score (nSPS) is 5.00. The Morgan fingerprint density at radius 2 is 1.67 bits per heavy atom. The third-order valence-electron chi connectivity index (χ3n) is 0. The smallest absolute Gasteiger partial charge is 0.0765 e. The standard InChI is InChI=1S/C2H7N.CH4N2/c1-3-2;2-1-3/h3H,1-2H3;1H,(H3,2,3). The van der Waals surface area contributed by atoms with Gasteiger partial charge in [0.15, 0.2) is 0 Å². The molecule has 0 rings (SSSR count). The largest absolute Gasteiger partial charge is 0.390 e. The first kappa shape index (κ1) is 9.06. The molecule has 3 heteroatoms. The minimum absolute atomic E-state index is 0.750. The molecule has 0 aliphatic carbocycles. The van der Waals surface area contributed by atoms with Crippen molar-refractivity contribution in [3.05, 3.63) is 0 Å². The predicted octanol–water partition coefficient (Wildman–Crippen LogP) is -0.612. The van der Waals surface area contributed by atoms with E-state index in [0.29, 0.717) is 0 Å². The monoisotopic (exact) mass is 89.1 g/mol. The van der Waals surface area contributed by atoms with Gasteiger partial charge in [0.25, 0.3) is 0 Å². The second kappa shape index (κ2) is 25.5. The molecule has 6 heavy (non-hydrogen) atoms. The van der Waals surface area contributed by atoms with Crippen LogP contribution in [0.5, 0.6) is 0 Å². The van der Waals surface area contributed by atoms with Crippen molar-refractivity contribution in [2.24, 2.45) is 5.73 Å². The van der Waals surface area contributed by atoms with Gasteiger partial charge in [0.2, 0.25) is 0 Å². The van der Waals surface area contributed by atoms with Crippen molar-refractivity contribution >= 4 is 6.34 Å². The van der Waals surface area contributed by atoms with Crippen molar-refractivity contribution in [3.8, 4) is 0 Å². The maximum Gasteiger partial charge on any atom is 0.0765 e. The summed E-state index contributed by atoms with van der Waals surface area (Å²) in [6.07, 6.45) is 0.750. The van der Waals surface area contributed by atoms with E-state index in [-0.39, 0.29) is 0 Å². The van der Waals surface area contributed by atoms with E-state index < -0.39 is 0 Å². The van der Waals surface area contributed by atoms with Gasteiger partial charge in [-0.25, -0.2) is 0 Å². The molecule has 0 fully saturated rings. The molecule has 0 radical (unpaired) electrons. The molecule has 0 spiro atoms. The van der Waals surface area contributed by atoms with Gasteiger partial charge in [-0.1, -0.05) is 0 Å². The van der Waals surface area contributed by atoms with Gasteiger partial charge < -0.3 is 11.1 Å². The van der Waals surface area contributed by atoms with Gasteiger partial charge in [-0.15, -0.1) is 0 Å². The van der Waals surface area contributed by atoms with E-state index in [4.69, 9.17) is 5.41 Å². The molecule has 0 bridgehead atoms. The molecule has 0 aliphatic heterocycles. The van der Waals surface area contributed by atoms with Gasteiger partial charge in [-0.05, 0) is 14.1 Å². The Morgan fingerprint density at radius 1 is 1.67 bits per heavy atom. The number of rotatable bonds is 0. The lowest BCUT2D eigenvalue weighted by Gasteiger charge is -1.59. The minimum Gasteiger partial charge on any atom is -0.390 e. The van der Waals surface area contributed by atoms with Crippen molar-refractivity contribution in [3.63, 3.8) is 0 Å². The van der Waals surface area contributed by atoms with E-state index in [1.807, 2.05) is 14.1 Å². The lowest BCUT2D eigenvalue weighted by Crippen LogP contribution is -1.89. The molecular formula is C3H11N3. The number of hydrogen-bond acceptors (Lipinski definition) is 2. The average molecular weight is 89.1 g/mol. The summed E-state index contributed by atoms with van der Waals surface area (Å²) in [6, 6.07) is 0. The van der Waals surface area contributed by atoms with Crippen LogP contribution in [-0.2, 0) is 0 Å². The minimum atomic E-state index is 0.750. The highest BCUT2D eigenvalue weighted by Crippen LogP contribution is 0.981. The van der Waals surface area contributed by atoms with Crippen molar-refractivity contribution in [1.82, 2.24) is 5.32 Å². The molecule has 0 amide bonds. The SMILES string of the molecule is CNC.N=CN. The summed E-state index contributed by atoms with van der Waals surface area (Å²) in [5, 5.41) is 8.61. The Hall–Kier alpha value is -0.570. The van der Waals surface area contributed by atoms with E-state index in [0.717, 1.165) is 6.34 Å². The molecular weight excluding hydrogens is 78.1 g/mol. The fourth-order valence-electron chi connectivity index (χ4n) is 0. The average Bonchev–Trinajstić information content (AvgIpc) is 1.39. The highest BCUT2D eigenvalue weighted by molar-refractivity contribution is 5.46. The van der Waals surface area contributed by atoms with Crippen LogP contribution in [0.1, 0.15) is 0 Å². The van der Waals surface area contributed by atoms with E-state index in [1.54, 1.807) is 0 Å². The molecule has 0 heterocycles. The van der Waals surface area contributed by atoms with Crippen LogP contribution >= 0.6 is 0 Å². The number of nitrogens with two attached hydrogens (primary N) is 1. The third kappa shape index (κ3) is 62.3. The van der Waals surface area contributed by atoms with Crippen molar-refractivity contribution in [2.75, 3.05) is 14.1 Å². The molecule has 38 valence electrons. The zero-order valence-electron chi connectivity index (χ0n) is 4.15. The second-order valence-electron chi connectivity index (χ2n) is 0.667. The molecule has 0 saturated heterocycles. The van der Waals surface area contributed by atoms with Gasteiger partial charge in [-0.2, -0.15) is 0 Å². The summed E-state index contributed by atoms with van der Waals surface area (Å²) in [5.74, 6) is 0. The summed E-state index contributed by atoms with van der Waals surface area (Å²) in [7, 11) is 3.75. The van der Waals surface area contributed by atoms with Crippen molar-refractivity contribution in [1.29, 1.82) is 5.41 Å². The summed E-state index contributed by atoms with van der Waals surface area (Å²) < 4.78 is 0. The summed E-state index contributed by atoms with van der Waals surface area (Å²) in [5.41, 5.74) is 4.39. The first-order chi connectivity index (χ1) is 2.83. The van der Waals surface area contributed by atoms with E-state index in [1.165, 1.54) is 0 Å². The lowest BCUT2D eigenvalue weighted by molar-refractivity contribution is 1.02. The Balaban J connectivity index is 0. The van der Waals surface area contributed by atoms with E-state index >= 15 is 0 Å². The highest BCUT2D eigenvalue weighted by atomic mass is 14.7. The Bertz CT molecular complexity index is 20.0. The molecule has 4 N–H and O–H groups in total. The quantitative estimate of drug-likeness (QED) is 0.274. The van der Waals surface area contributed by atoms with Crippen LogP contribution in [0.15, 0.2) is 0 Å². The predicted molar refractivity (Wildman–Crippen MR) is 28.0 cm³/mol. The molecule has 0 atom stereocenters. The highest BCUT2D eigenvalue weighted by Gasteiger charge is 1.25. The van der Waals surface area contributed by atoms with Crippen LogP contribution < -0.4 is 11.1 Å². The molecule has 0 aromatic rings. The molecule has 0 aromatic carbocycles. The van der Waals surface area contributed by atoms with Crippen LogP contribution in [0.3, 0.4) is 0 Å². The van der Waals surface area contributed by atoms with Crippen molar-refractivity contribution < 1.29 is 0 Å². The van der Waals surface area contributed by atoms with Crippen LogP contribution in [0.4, 0.5) is 0 Å². The maximum atomic E-state index is 5.86. The third-order valence-corrected chi connectivity index (χ3v) is 0. The zero-order valence-corrected chi connectivity index (χ0v) is 4.15. The van der Waals surface area contributed by atoms with Gasteiger partial charge >= 0.3 is 0 Å². The molecule has 0 aromatic heterocycles. The van der Waals surface area contributed by atoms with Gasteiger partial charge in [0.1, 0.15) is 0 Å². The first-order valence-electron chi connectivity index (χ1n) is 1.62. The Kier molecular flexibility index (Phi) is 38.5. The van der Waals surface area contributed by atoms with Crippen LogP contribution in [0.25, 0.3) is 0 Å². The summed E-state index contributed by atoms with van der Waals surface area (Å²) in [4.78, 5) is 0. The topological polar surface area (TPSA) is 61.9 Å². The fraction of sp³-hybridized carbons (Fsp3) is 0.667. The van der Waals surface area contributed by atoms with E-state index in [2.05, 4.69) is 11.1 Å². The van der Waals surface area contributed by atoms with Crippen LogP contribution in [0, 0.1) is 5.41 Å². The van der Waals surface area contributed by atoms with Crippen LogP contribution in [-0.4, -0.2) is 20.4 Å². The molecule has 0 unspecified atom stereocenters. The number of hydrogen-bond donors (Lipinski definition) is 3. The summed E-state index contributed by atoms with van der Waals surface area (Å²) in [6.45, 7) is 0. The Labute approximate surface area is 38.1 Å². The maximum absolute atomic E-state index is 5.86. The second-order valence-corrected chi connectivity index (χ2v) is 0.667. The van der Waals surface area contributed by atoms with Gasteiger partial charge in [0, 0.05) is 0 Å². The first-order valence-corrected chi connectivity index (χ1v) is 1.62. The van der Waals surface area contributed by atoms with E-state index in [9.17, 15) is 0 Å². The van der Waals surface area contributed by atoms with Crippen LogP contribution in [0.2, 0.25) is 0 Å². The molecule has 0 aliphatic rings. The van der Waals surface area contributed by atoms with Gasteiger partial charge in [-0.3, -0.25) is 5.41 Å². The fourth-order valence-corrected chi connectivity index (χ4v) is 0. The number of nitrogens with one attached hydrogen (secondary N) is 2. The van der Waals surface area contributed by atoms with Gasteiger partial charge in [0.05, 0.1) is 6.34 Å². The van der Waals surface area contributed by atoms with Crippen molar-refractivity contribution in [2.45, 2.75) is 0 Å².